The summed E-state index contributed by atoms with van der Waals surface area (Å²) in [5.74, 6) is 1.90. The molecule has 17 heavy (non-hydrogen) atoms. The number of aromatic nitrogens is 2. The zero-order chi connectivity index (χ0) is 12.1. The van der Waals surface area contributed by atoms with E-state index in [0.29, 0.717) is 0 Å². The van der Waals surface area contributed by atoms with Crippen molar-refractivity contribution >= 4 is 5.95 Å². The molecule has 1 fully saturated rings. The van der Waals surface area contributed by atoms with Gasteiger partial charge in [0.25, 0.3) is 0 Å². The fourth-order valence-corrected chi connectivity index (χ4v) is 1.90. The van der Waals surface area contributed by atoms with Crippen LogP contribution in [-0.2, 0) is 11.3 Å². The molecule has 0 bridgehead atoms. The molecular weight excluding hydrogens is 214 g/mol. The van der Waals surface area contributed by atoms with Crippen molar-refractivity contribution in [2.45, 2.75) is 39.7 Å². The first kappa shape index (κ1) is 12.4. The second-order valence-corrected chi connectivity index (χ2v) is 4.77. The molecule has 0 spiro atoms. The molecule has 0 amide bonds. The number of imidazole rings is 1. The third-order valence-corrected chi connectivity index (χ3v) is 3.03. The van der Waals surface area contributed by atoms with E-state index >= 15 is 0 Å². The summed E-state index contributed by atoms with van der Waals surface area (Å²) in [7, 11) is 0. The predicted octanol–water partition coefficient (Wildman–Crippen LogP) is 2.44. The van der Waals surface area contributed by atoms with Gasteiger partial charge in [0.2, 0.25) is 5.95 Å². The lowest BCUT2D eigenvalue weighted by Gasteiger charge is -2.09. The minimum absolute atomic E-state index is 0.801. The van der Waals surface area contributed by atoms with Gasteiger partial charge in [-0.15, -0.1) is 0 Å². The van der Waals surface area contributed by atoms with Crippen molar-refractivity contribution in [1.82, 2.24) is 9.55 Å². The molecule has 1 aliphatic rings. The average Bonchev–Trinajstić information content (AvgIpc) is 3.07. The standard InChI is InChI=1S/C13H23N3O/c1-3-17-8-4-7-16-10-11(2)15-13(16)14-9-12-5-6-12/h10,12H,3-9H2,1-2H3,(H,14,15). The first-order chi connectivity index (χ1) is 8.29. The molecule has 96 valence electrons. The molecule has 1 N–H and O–H groups in total. The Labute approximate surface area is 103 Å². The highest BCUT2D eigenvalue weighted by Gasteiger charge is 2.21. The van der Waals surface area contributed by atoms with Crippen LogP contribution < -0.4 is 5.32 Å². The van der Waals surface area contributed by atoms with Gasteiger partial charge in [0.1, 0.15) is 0 Å². The van der Waals surface area contributed by atoms with E-state index in [0.717, 1.165) is 50.3 Å². The Kier molecular flexibility index (Phi) is 4.42. The summed E-state index contributed by atoms with van der Waals surface area (Å²) in [5.41, 5.74) is 1.08. The minimum atomic E-state index is 0.801. The second kappa shape index (κ2) is 6.05. The SMILES string of the molecule is CCOCCCn1cc(C)nc1NCC1CC1. The highest BCUT2D eigenvalue weighted by Crippen LogP contribution is 2.28. The van der Waals surface area contributed by atoms with E-state index in [4.69, 9.17) is 4.74 Å². The van der Waals surface area contributed by atoms with Crippen molar-refractivity contribution in [2.75, 3.05) is 25.1 Å². The first-order valence-corrected chi connectivity index (χ1v) is 6.65. The van der Waals surface area contributed by atoms with Crippen molar-refractivity contribution in [3.8, 4) is 0 Å². The van der Waals surface area contributed by atoms with E-state index in [2.05, 4.69) is 21.1 Å². The Morgan fingerprint density at radius 2 is 2.35 bits per heavy atom. The Morgan fingerprint density at radius 3 is 3.06 bits per heavy atom. The zero-order valence-corrected chi connectivity index (χ0v) is 10.9. The Morgan fingerprint density at radius 1 is 1.53 bits per heavy atom. The van der Waals surface area contributed by atoms with E-state index in [-0.39, 0.29) is 0 Å². The number of nitrogens with one attached hydrogen (secondary N) is 1. The van der Waals surface area contributed by atoms with E-state index in [1.807, 2.05) is 13.8 Å². The van der Waals surface area contributed by atoms with Gasteiger partial charge in [-0.05, 0) is 39.0 Å². The number of hydrogen-bond donors (Lipinski definition) is 1. The number of rotatable bonds is 8. The maximum Gasteiger partial charge on any atom is 0.203 e. The van der Waals surface area contributed by atoms with Crippen LogP contribution in [0.3, 0.4) is 0 Å². The molecular formula is C13H23N3O. The molecule has 0 aliphatic heterocycles. The molecule has 1 aromatic rings. The molecule has 1 aliphatic carbocycles. The van der Waals surface area contributed by atoms with Gasteiger partial charge in [-0.2, -0.15) is 0 Å². The van der Waals surface area contributed by atoms with Gasteiger partial charge in [0, 0.05) is 32.5 Å². The average molecular weight is 237 g/mol. The van der Waals surface area contributed by atoms with Crippen LogP contribution in [0, 0.1) is 12.8 Å². The number of ether oxygens (including phenoxy) is 1. The highest BCUT2D eigenvalue weighted by molar-refractivity contribution is 5.29. The normalized spacial score (nSPS) is 15.2. The molecule has 2 rings (SSSR count). The smallest absolute Gasteiger partial charge is 0.203 e. The molecule has 0 radical (unpaired) electrons. The Hall–Kier alpha value is -1.03. The van der Waals surface area contributed by atoms with Crippen LogP contribution in [0.5, 0.6) is 0 Å². The monoisotopic (exact) mass is 237 g/mol. The number of aryl methyl sites for hydroxylation is 2. The lowest BCUT2D eigenvalue weighted by molar-refractivity contribution is 0.142. The van der Waals surface area contributed by atoms with E-state index in [9.17, 15) is 0 Å². The van der Waals surface area contributed by atoms with Crippen LogP contribution >= 0.6 is 0 Å². The van der Waals surface area contributed by atoms with Gasteiger partial charge in [-0.3, -0.25) is 0 Å². The molecule has 1 aromatic heterocycles. The Bertz CT molecular complexity index is 344. The van der Waals surface area contributed by atoms with Crippen molar-refractivity contribution in [2.24, 2.45) is 5.92 Å². The fraction of sp³-hybridized carbons (Fsp3) is 0.769. The van der Waals surface area contributed by atoms with Crippen molar-refractivity contribution in [3.05, 3.63) is 11.9 Å². The molecule has 0 saturated heterocycles. The lowest BCUT2D eigenvalue weighted by atomic mass is 10.4. The van der Waals surface area contributed by atoms with Gasteiger partial charge in [-0.1, -0.05) is 0 Å². The summed E-state index contributed by atoms with van der Waals surface area (Å²) in [6.45, 7) is 7.76. The largest absolute Gasteiger partial charge is 0.382 e. The van der Waals surface area contributed by atoms with E-state index < -0.39 is 0 Å². The molecule has 0 aromatic carbocycles. The van der Waals surface area contributed by atoms with Gasteiger partial charge < -0.3 is 14.6 Å². The zero-order valence-electron chi connectivity index (χ0n) is 10.9. The lowest BCUT2D eigenvalue weighted by Crippen LogP contribution is -2.11. The van der Waals surface area contributed by atoms with Crippen molar-refractivity contribution < 1.29 is 4.74 Å². The van der Waals surface area contributed by atoms with Crippen LogP contribution in [0.15, 0.2) is 6.20 Å². The fourth-order valence-electron chi connectivity index (χ4n) is 1.90. The summed E-state index contributed by atoms with van der Waals surface area (Å²) in [6, 6.07) is 0. The summed E-state index contributed by atoms with van der Waals surface area (Å²) in [5, 5.41) is 3.45. The van der Waals surface area contributed by atoms with Crippen LogP contribution in [0.4, 0.5) is 5.95 Å². The second-order valence-electron chi connectivity index (χ2n) is 4.77. The topological polar surface area (TPSA) is 39.1 Å². The van der Waals surface area contributed by atoms with Gasteiger partial charge in [0.05, 0.1) is 5.69 Å². The maximum atomic E-state index is 5.36. The van der Waals surface area contributed by atoms with E-state index in [1.165, 1.54) is 12.8 Å². The first-order valence-electron chi connectivity index (χ1n) is 6.65. The molecule has 4 heteroatoms. The van der Waals surface area contributed by atoms with Crippen LogP contribution in [0.1, 0.15) is 31.9 Å². The Balaban J connectivity index is 1.80. The molecule has 0 unspecified atom stereocenters. The number of nitrogens with zero attached hydrogens (tertiary/aromatic N) is 2. The third-order valence-electron chi connectivity index (χ3n) is 3.03. The highest BCUT2D eigenvalue weighted by atomic mass is 16.5. The summed E-state index contributed by atoms with van der Waals surface area (Å²) < 4.78 is 7.56. The molecule has 1 saturated carbocycles. The quantitative estimate of drug-likeness (QED) is 0.706. The van der Waals surface area contributed by atoms with Crippen LogP contribution in [0.2, 0.25) is 0 Å². The van der Waals surface area contributed by atoms with Crippen molar-refractivity contribution in [3.63, 3.8) is 0 Å². The summed E-state index contributed by atoms with van der Waals surface area (Å²) >= 11 is 0. The summed E-state index contributed by atoms with van der Waals surface area (Å²) in [4.78, 5) is 4.52. The number of hydrogen-bond acceptors (Lipinski definition) is 3. The van der Waals surface area contributed by atoms with Crippen molar-refractivity contribution in [1.29, 1.82) is 0 Å². The molecule has 1 heterocycles. The third kappa shape index (κ3) is 4.04. The van der Waals surface area contributed by atoms with Crippen LogP contribution in [0.25, 0.3) is 0 Å². The number of anilines is 1. The van der Waals surface area contributed by atoms with E-state index in [1.54, 1.807) is 0 Å². The molecule has 0 atom stereocenters. The van der Waals surface area contributed by atoms with Gasteiger partial charge in [-0.25, -0.2) is 4.98 Å². The maximum absolute atomic E-state index is 5.36. The minimum Gasteiger partial charge on any atom is -0.382 e. The van der Waals surface area contributed by atoms with Gasteiger partial charge >= 0.3 is 0 Å². The summed E-state index contributed by atoms with van der Waals surface area (Å²) in [6.07, 6.45) is 5.90. The predicted molar refractivity (Wildman–Crippen MR) is 69.3 cm³/mol. The molecule has 4 nitrogen and oxygen atoms in total. The van der Waals surface area contributed by atoms with Crippen LogP contribution in [-0.4, -0.2) is 29.3 Å². The van der Waals surface area contributed by atoms with Gasteiger partial charge in [0.15, 0.2) is 0 Å².